The molecule has 0 aromatic heterocycles. The summed E-state index contributed by atoms with van der Waals surface area (Å²) in [5, 5.41) is 53.1. The molecule has 1 aliphatic rings. The third kappa shape index (κ3) is 6.08. The predicted molar refractivity (Wildman–Crippen MR) is 136 cm³/mol. The maximum atomic E-state index is 11.7. The molecule has 4 rings (SSSR count). The number of nitrogens with one attached hydrogen (secondary N) is 1. The average Bonchev–Trinajstić information content (AvgIpc) is 2.91. The summed E-state index contributed by atoms with van der Waals surface area (Å²) in [7, 11) is 0. The molecule has 1 fully saturated rings. The lowest BCUT2D eigenvalue weighted by molar-refractivity contribution is -0.385. The SMILES string of the molecule is CC(=O)N[C@H]1[C@H](Oc2ccc(N=Nc3ccc([N+](=O)[O-])cc3S(=O)O)c3ccccc23)O[C@H](CO)[C@@H](O)[C@@H]1O. The Bertz CT molecular complexity index is 1450. The molecule has 206 valence electrons. The van der Waals surface area contributed by atoms with Gasteiger partial charge in [0.1, 0.15) is 40.7 Å². The van der Waals surface area contributed by atoms with Crippen LogP contribution in [0.2, 0.25) is 0 Å². The number of benzene rings is 3. The maximum absolute atomic E-state index is 11.7. The quantitative estimate of drug-likeness (QED) is 0.117. The Morgan fingerprint density at radius 2 is 1.77 bits per heavy atom. The number of hydrogen-bond acceptors (Lipinski definition) is 11. The fourth-order valence-electron chi connectivity index (χ4n) is 4.09. The van der Waals surface area contributed by atoms with Gasteiger partial charge in [-0.15, -0.1) is 10.2 Å². The van der Waals surface area contributed by atoms with Crippen LogP contribution < -0.4 is 10.1 Å². The fraction of sp³-hybridized carbons (Fsp3) is 0.292. The number of non-ortho nitro benzene ring substituents is 1. The lowest BCUT2D eigenvalue weighted by Crippen LogP contribution is -2.65. The lowest BCUT2D eigenvalue weighted by atomic mass is 9.97. The molecule has 1 saturated heterocycles. The molecular formula is C24H24N4O10S. The zero-order chi connectivity index (χ0) is 28.3. The number of carbonyl (C=O) groups is 1. The first-order chi connectivity index (χ1) is 18.6. The molecule has 1 heterocycles. The third-order valence-corrected chi connectivity index (χ3v) is 6.67. The minimum Gasteiger partial charge on any atom is -0.462 e. The summed E-state index contributed by atoms with van der Waals surface area (Å²) in [5.74, 6) is -0.237. The summed E-state index contributed by atoms with van der Waals surface area (Å²) in [6.07, 6.45) is -5.40. The van der Waals surface area contributed by atoms with Crippen LogP contribution in [0.4, 0.5) is 17.1 Å². The summed E-state index contributed by atoms with van der Waals surface area (Å²) >= 11 is -2.56. The van der Waals surface area contributed by atoms with Gasteiger partial charge in [0.2, 0.25) is 12.2 Å². The first-order valence-electron chi connectivity index (χ1n) is 11.5. The smallest absolute Gasteiger partial charge is 0.270 e. The number of hydrogen-bond donors (Lipinski definition) is 5. The van der Waals surface area contributed by atoms with Crippen LogP contribution in [0.1, 0.15) is 6.92 Å². The molecule has 3 aromatic carbocycles. The van der Waals surface area contributed by atoms with E-state index in [4.69, 9.17) is 9.47 Å². The molecule has 3 aromatic rings. The highest BCUT2D eigenvalue weighted by Crippen LogP contribution is 2.37. The molecule has 0 aliphatic carbocycles. The minimum absolute atomic E-state index is 0.0396. The van der Waals surface area contributed by atoms with Crippen molar-refractivity contribution in [1.29, 1.82) is 0 Å². The van der Waals surface area contributed by atoms with Crippen molar-refractivity contribution in [1.82, 2.24) is 5.32 Å². The van der Waals surface area contributed by atoms with Gasteiger partial charge in [-0.3, -0.25) is 14.9 Å². The highest BCUT2D eigenvalue weighted by molar-refractivity contribution is 7.79. The third-order valence-electron chi connectivity index (χ3n) is 5.96. The first-order valence-corrected chi connectivity index (χ1v) is 12.6. The van der Waals surface area contributed by atoms with Crippen LogP contribution in [-0.2, 0) is 20.6 Å². The van der Waals surface area contributed by atoms with Crippen LogP contribution in [0.25, 0.3) is 10.8 Å². The molecule has 0 bridgehead atoms. The van der Waals surface area contributed by atoms with E-state index in [0.717, 1.165) is 12.1 Å². The molecule has 14 nitrogen and oxygen atoms in total. The highest BCUT2D eigenvalue weighted by Gasteiger charge is 2.46. The summed E-state index contributed by atoms with van der Waals surface area (Å²) in [6.45, 7) is 0.625. The van der Waals surface area contributed by atoms with Crippen molar-refractivity contribution >= 4 is 44.8 Å². The van der Waals surface area contributed by atoms with Gasteiger partial charge in [0.05, 0.1) is 17.2 Å². The fourth-order valence-corrected chi connectivity index (χ4v) is 4.60. The van der Waals surface area contributed by atoms with Gasteiger partial charge < -0.3 is 34.7 Å². The van der Waals surface area contributed by atoms with E-state index in [1.54, 1.807) is 24.3 Å². The Morgan fingerprint density at radius 3 is 2.41 bits per heavy atom. The standard InChI is InChI=1S/C24H24N4O10S/c1-12(30)25-21-23(32)22(31)19(11-29)38-24(21)37-18-9-8-16(14-4-2-3-5-15(14)18)26-27-17-7-6-13(28(33)34)10-20(17)39(35)36/h2-10,19,21-24,29,31-32H,11H2,1H3,(H,25,30)(H,35,36)/t19-,21-,22-,23-,24-/m1/s1. The number of azo groups is 1. The van der Waals surface area contributed by atoms with Gasteiger partial charge >= 0.3 is 0 Å². The van der Waals surface area contributed by atoms with Crippen LogP contribution in [0, 0.1) is 10.1 Å². The van der Waals surface area contributed by atoms with Crippen LogP contribution in [0.3, 0.4) is 0 Å². The normalized spacial score (nSPS) is 24.0. The number of nitro benzene ring substituents is 1. The molecular weight excluding hydrogens is 536 g/mol. The first kappa shape index (κ1) is 28.2. The van der Waals surface area contributed by atoms with Gasteiger partial charge in [-0.05, 0) is 18.2 Å². The topological polar surface area (TPSA) is 213 Å². The monoisotopic (exact) mass is 560 g/mol. The number of carbonyl (C=O) groups excluding carboxylic acids is 1. The van der Waals surface area contributed by atoms with E-state index in [0.29, 0.717) is 16.5 Å². The number of rotatable bonds is 8. The Kier molecular flexibility index (Phi) is 8.59. The van der Waals surface area contributed by atoms with E-state index < -0.39 is 59.2 Å². The predicted octanol–water partition coefficient (Wildman–Crippen LogP) is 2.07. The number of fused-ring (bicyclic) bond motifs is 1. The van der Waals surface area contributed by atoms with E-state index in [1.807, 2.05) is 0 Å². The number of ether oxygens (including phenoxy) is 2. The van der Waals surface area contributed by atoms with Crippen LogP contribution in [0.5, 0.6) is 5.75 Å². The molecule has 39 heavy (non-hydrogen) atoms. The Hall–Kier alpha value is -3.86. The van der Waals surface area contributed by atoms with E-state index >= 15 is 0 Å². The average molecular weight is 561 g/mol. The molecule has 1 aliphatic heterocycles. The maximum Gasteiger partial charge on any atom is 0.270 e. The molecule has 0 radical (unpaired) electrons. The van der Waals surface area contributed by atoms with Gasteiger partial charge in [-0.25, -0.2) is 4.21 Å². The molecule has 1 unspecified atom stereocenters. The number of amides is 1. The van der Waals surface area contributed by atoms with E-state index in [1.165, 1.54) is 25.1 Å². The highest BCUT2D eigenvalue weighted by atomic mass is 32.2. The molecule has 1 amide bonds. The van der Waals surface area contributed by atoms with E-state index in [9.17, 15) is 39.0 Å². The number of aliphatic hydroxyl groups is 3. The lowest BCUT2D eigenvalue weighted by Gasteiger charge is -2.42. The molecule has 15 heteroatoms. The summed E-state index contributed by atoms with van der Waals surface area (Å²) in [5.41, 5.74) is -0.0818. The Labute approximate surface area is 223 Å². The van der Waals surface area contributed by atoms with Gasteiger partial charge in [0.15, 0.2) is 11.1 Å². The molecule has 6 atom stereocenters. The van der Waals surface area contributed by atoms with Crippen molar-refractivity contribution in [2.24, 2.45) is 10.2 Å². The zero-order valence-corrected chi connectivity index (χ0v) is 21.1. The van der Waals surface area contributed by atoms with E-state index in [2.05, 4.69) is 15.5 Å². The second kappa shape index (κ2) is 11.9. The molecule has 0 saturated carbocycles. The van der Waals surface area contributed by atoms with Gasteiger partial charge in [-0.1, -0.05) is 24.3 Å². The Morgan fingerprint density at radius 1 is 1.10 bits per heavy atom. The van der Waals surface area contributed by atoms with Crippen molar-refractivity contribution < 1.29 is 43.3 Å². The van der Waals surface area contributed by atoms with Crippen LogP contribution in [0.15, 0.2) is 69.7 Å². The van der Waals surface area contributed by atoms with Crippen LogP contribution in [-0.4, -0.2) is 72.2 Å². The number of nitro groups is 1. The van der Waals surface area contributed by atoms with Crippen molar-refractivity contribution in [3.05, 3.63) is 64.7 Å². The summed E-state index contributed by atoms with van der Waals surface area (Å²) in [6, 6.07) is 12.1. The van der Waals surface area contributed by atoms with Crippen molar-refractivity contribution in [3.63, 3.8) is 0 Å². The van der Waals surface area contributed by atoms with Crippen LogP contribution >= 0.6 is 0 Å². The second-order valence-corrected chi connectivity index (χ2v) is 9.48. The second-order valence-electron chi connectivity index (χ2n) is 8.54. The van der Waals surface area contributed by atoms with Gasteiger partial charge in [0, 0.05) is 29.8 Å². The van der Waals surface area contributed by atoms with Gasteiger partial charge in [0.25, 0.3) is 5.69 Å². The molecule has 5 N–H and O–H groups in total. The summed E-state index contributed by atoms with van der Waals surface area (Å²) < 4.78 is 32.9. The Balaban J connectivity index is 1.69. The molecule has 0 spiro atoms. The van der Waals surface area contributed by atoms with Crippen molar-refractivity contribution in [2.45, 2.75) is 42.5 Å². The van der Waals surface area contributed by atoms with Crippen molar-refractivity contribution in [3.8, 4) is 5.75 Å². The largest absolute Gasteiger partial charge is 0.462 e. The minimum atomic E-state index is -2.56. The van der Waals surface area contributed by atoms with Gasteiger partial charge in [-0.2, -0.15) is 0 Å². The van der Waals surface area contributed by atoms with E-state index in [-0.39, 0.29) is 22.0 Å². The summed E-state index contributed by atoms with van der Waals surface area (Å²) in [4.78, 5) is 21.8. The zero-order valence-electron chi connectivity index (χ0n) is 20.3. The number of aliphatic hydroxyl groups excluding tert-OH is 3. The number of nitrogens with zero attached hydrogens (tertiary/aromatic N) is 3. The van der Waals surface area contributed by atoms with Crippen molar-refractivity contribution in [2.75, 3.05) is 6.61 Å².